The number of hydrogen-bond acceptors (Lipinski definition) is 2. The number of anilines is 1. The van der Waals surface area contributed by atoms with Gasteiger partial charge in [0.2, 0.25) is 5.91 Å². The van der Waals surface area contributed by atoms with E-state index in [9.17, 15) is 4.79 Å². The Labute approximate surface area is 194 Å². The van der Waals surface area contributed by atoms with E-state index in [1.54, 1.807) is 17.0 Å². The van der Waals surface area contributed by atoms with Crippen LogP contribution in [0.25, 0.3) is 0 Å². The Kier molecular flexibility index (Phi) is 8.75. The van der Waals surface area contributed by atoms with E-state index < -0.39 is 6.04 Å². The maximum atomic E-state index is 13.3. The lowest BCUT2D eigenvalue weighted by Gasteiger charge is -2.27. The largest absolute Gasteiger partial charge is 0.316 e. The molecule has 1 amide bonds. The van der Waals surface area contributed by atoms with Crippen molar-refractivity contribution in [2.75, 3.05) is 11.4 Å². The summed E-state index contributed by atoms with van der Waals surface area (Å²) in [7, 11) is 0. The number of carbonyl (C=O) groups is 1. The topological polar surface area (TPSA) is 46.3 Å². The lowest BCUT2D eigenvalue weighted by atomic mass is 10.0. The molecule has 6 heteroatoms. The molecule has 0 unspecified atom stereocenters. The predicted octanol–water partition coefficient (Wildman–Crippen LogP) is 6.31. The number of halogens is 3. The van der Waals surface area contributed by atoms with Crippen LogP contribution in [-0.2, 0) is 11.2 Å². The third-order valence-electron chi connectivity index (χ3n) is 5.11. The van der Waals surface area contributed by atoms with Crippen molar-refractivity contribution in [1.82, 2.24) is 0 Å². The molecule has 0 saturated carbocycles. The van der Waals surface area contributed by atoms with Gasteiger partial charge in [-0.15, -0.1) is 12.4 Å². The fraction of sp³-hybridized carbons (Fsp3) is 0.208. The highest BCUT2D eigenvalue weighted by atomic mass is 35.5. The van der Waals surface area contributed by atoms with Crippen LogP contribution in [-0.4, -0.2) is 12.5 Å². The van der Waals surface area contributed by atoms with Crippen molar-refractivity contribution in [3.05, 3.63) is 99.0 Å². The summed E-state index contributed by atoms with van der Waals surface area (Å²) < 4.78 is 0. The van der Waals surface area contributed by atoms with Gasteiger partial charge >= 0.3 is 0 Å². The molecule has 0 radical (unpaired) electrons. The number of rotatable bonds is 6. The first-order valence-corrected chi connectivity index (χ1v) is 10.3. The van der Waals surface area contributed by atoms with Crippen LogP contribution in [0, 0.1) is 13.8 Å². The molecule has 30 heavy (non-hydrogen) atoms. The quantitative estimate of drug-likeness (QED) is 0.466. The van der Waals surface area contributed by atoms with Crippen molar-refractivity contribution in [3.63, 3.8) is 0 Å². The van der Waals surface area contributed by atoms with Crippen LogP contribution in [0.4, 0.5) is 5.69 Å². The zero-order valence-corrected chi connectivity index (χ0v) is 19.3. The van der Waals surface area contributed by atoms with Crippen LogP contribution in [0.5, 0.6) is 0 Å². The van der Waals surface area contributed by atoms with Crippen LogP contribution < -0.4 is 10.6 Å². The van der Waals surface area contributed by atoms with Crippen molar-refractivity contribution >= 4 is 47.2 Å². The van der Waals surface area contributed by atoms with Crippen molar-refractivity contribution in [2.45, 2.75) is 26.3 Å². The molecule has 1 atom stereocenters. The Bertz CT molecular complexity index is 1010. The second-order valence-electron chi connectivity index (χ2n) is 7.13. The van der Waals surface area contributed by atoms with Crippen molar-refractivity contribution in [2.24, 2.45) is 5.73 Å². The van der Waals surface area contributed by atoms with Gasteiger partial charge in [0.15, 0.2) is 0 Å². The summed E-state index contributed by atoms with van der Waals surface area (Å²) in [6.45, 7) is 4.55. The molecule has 0 fully saturated rings. The molecule has 0 bridgehead atoms. The monoisotopic (exact) mass is 462 g/mol. The minimum Gasteiger partial charge on any atom is -0.316 e. The van der Waals surface area contributed by atoms with Gasteiger partial charge in [0, 0.05) is 22.3 Å². The number of carbonyl (C=O) groups excluding carboxylic acids is 1. The van der Waals surface area contributed by atoms with Crippen molar-refractivity contribution in [3.8, 4) is 0 Å². The Morgan fingerprint density at radius 1 is 0.967 bits per heavy atom. The molecular weight excluding hydrogens is 439 g/mol. The third-order valence-corrected chi connectivity index (χ3v) is 5.70. The number of aryl methyl sites for hydroxylation is 2. The van der Waals surface area contributed by atoms with Crippen LogP contribution in [0.2, 0.25) is 10.0 Å². The Hall–Kier alpha value is -2.04. The van der Waals surface area contributed by atoms with Crippen LogP contribution in [0.1, 0.15) is 28.3 Å². The number of amides is 1. The summed E-state index contributed by atoms with van der Waals surface area (Å²) in [6, 6.07) is 20.1. The lowest BCUT2D eigenvalue weighted by molar-refractivity contribution is -0.120. The molecule has 3 aromatic rings. The molecular formula is C24H25Cl3N2O. The predicted molar refractivity (Wildman–Crippen MR) is 129 cm³/mol. The highest BCUT2D eigenvalue weighted by Gasteiger charge is 2.24. The molecule has 0 aliphatic heterocycles. The molecule has 2 N–H and O–H groups in total. The van der Waals surface area contributed by atoms with E-state index in [0.29, 0.717) is 23.0 Å². The van der Waals surface area contributed by atoms with Gasteiger partial charge in [-0.25, -0.2) is 0 Å². The van der Waals surface area contributed by atoms with E-state index in [4.69, 9.17) is 28.9 Å². The number of nitrogens with two attached hydrogens (primary N) is 1. The van der Waals surface area contributed by atoms with Gasteiger partial charge in [-0.2, -0.15) is 0 Å². The Balaban J connectivity index is 0.00000320. The Morgan fingerprint density at radius 3 is 2.30 bits per heavy atom. The molecule has 3 rings (SSSR count). The molecule has 158 valence electrons. The fourth-order valence-electron chi connectivity index (χ4n) is 3.19. The van der Waals surface area contributed by atoms with Crippen molar-refractivity contribution in [1.29, 1.82) is 0 Å². The zero-order chi connectivity index (χ0) is 21.0. The second-order valence-corrected chi connectivity index (χ2v) is 7.98. The van der Waals surface area contributed by atoms with Gasteiger partial charge in [0.05, 0.1) is 0 Å². The normalized spacial score (nSPS) is 11.5. The summed E-state index contributed by atoms with van der Waals surface area (Å²) >= 11 is 12.3. The van der Waals surface area contributed by atoms with Crippen LogP contribution in [0.3, 0.4) is 0 Å². The first-order chi connectivity index (χ1) is 13.9. The fourth-order valence-corrected chi connectivity index (χ4v) is 3.69. The summed E-state index contributed by atoms with van der Waals surface area (Å²) in [5.74, 6) is -0.149. The highest BCUT2D eigenvalue weighted by molar-refractivity contribution is 6.35. The van der Waals surface area contributed by atoms with E-state index >= 15 is 0 Å². The van der Waals surface area contributed by atoms with Crippen molar-refractivity contribution < 1.29 is 4.79 Å². The smallest absolute Gasteiger partial charge is 0.248 e. The van der Waals surface area contributed by atoms with Gasteiger partial charge in [-0.1, -0.05) is 65.7 Å². The van der Waals surface area contributed by atoms with Gasteiger partial charge in [0.25, 0.3) is 0 Å². The minimum atomic E-state index is -0.738. The molecule has 3 aromatic carbocycles. The molecule has 0 saturated heterocycles. The third kappa shape index (κ3) is 5.77. The Morgan fingerprint density at radius 2 is 1.67 bits per heavy atom. The van der Waals surface area contributed by atoms with E-state index in [1.165, 1.54) is 5.56 Å². The van der Waals surface area contributed by atoms with Gasteiger partial charge in [-0.3, -0.25) is 4.79 Å². The van der Waals surface area contributed by atoms with Gasteiger partial charge in [-0.05, 0) is 66.8 Å². The molecule has 3 nitrogen and oxygen atoms in total. The second kappa shape index (κ2) is 10.8. The lowest BCUT2D eigenvalue weighted by Crippen LogP contribution is -2.40. The maximum Gasteiger partial charge on any atom is 0.248 e. The molecule has 0 aromatic heterocycles. The average Bonchev–Trinajstić information content (AvgIpc) is 2.72. The van der Waals surface area contributed by atoms with E-state index in [0.717, 1.165) is 22.4 Å². The molecule has 0 spiro atoms. The zero-order valence-electron chi connectivity index (χ0n) is 16.9. The SMILES string of the molecule is Cc1ccc(N(CCc2ccc(Cl)cc2Cl)C(=O)[C@@H](N)c2ccccc2)cc1C.Cl. The van der Waals surface area contributed by atoms with E-state index in [2.05, 4.69) is 6.92 Å². The standard InChI is InChI=1S/C24H24Cl2N2O.ClH/c1-16-8-11-21(14-17(16)2)28(13-12-18-9-10-20(25)15-22(18)26)24(29)23(27)19-6-4-3-5-7-19;/h3-11,14-15,23H,12-13,27H2,1-2H3;1H/t23-;/m0./s1. The van der Waals surface area contributed by atoms with Crippen LogP contribution in [0.15, 0.2) is 66.7 Å². The first-order valence-electron chi connectivity index (χ1n) is 9.50. The average molecular weight is 464 g/mol. The minimum absolute atomic E-state index is 0. The molecule has 0 heterocycles. The summed E-state index contributed by atoms with van der Waals surface area (Å²) in [6.07, 6.45) is 0.593. The van der Waals surface area contributed by atoms with E-state index in [-0.39, 0.29) is 18.3 Å². The summed E-state index contributed by atoms with van der Waals surface area (Å²) in [5, 5.41) is 1.18. The highest BCUT2D eigenvalue weighted by Crippen LogP contribution is 2.25. The number of nitrogens with zero attached hydrogens (tertiary/aromatic N) is 1. The summed E-state index contributed by atoms with van der Waals surface area (Å²) in [5.41, 5.74) is 11.2. The number of benzene rings is 3. The van der Waals surface area contributed by atoms with Gasteiger partial charge < -0.3 is 10.6 Å². The first kappa shape index (κ1) is 24.2. The molecule has 0 aliphatic rings. The summed E-state index contributed by atoms with van der Waals surface area (Å²) in [4.78, 5) is 15.1. The molecule has 0 aliphatic carbocycles. The van der Waals surface area contributed by atoms with Crippen LogP contribution >= 0.6 is 35.6 Å². The maximum absolute atomic E-state index is 13.3. The van der Waals surface area contributed by atoms with E-state index in [1.807, 2.05) is 61.5 Å². The van der Waals surface area contributed by atoms with Gasteiger partial charge in [0.1, 0.15) is 6.04 Å². The number of hydrogen-bond donors (Lipinski definition) is 1.